The Morgan fingerprint density at radius 3 is 2.72 bits per heavy atom. The summed E-state index contributed by atoms with van der Waals surface area (Å²) in [5.41, 5.74) is 12.9. The number of nitrogens with two attached hydrogens (primary N) is 2. The highest BCUT2D eigenvalue weighted by Crippen LogP contribution is 2.24. The maximum atomic E-state index is 11.3. The first-order valence-corrected chi connectivity index (χ1v) is 6.13. The first kappa shape index (κ1) is 12.7. The lowest BCUT2D eigenvalue weighted by atomic mass is 10.1. The van der Waals surface area contributed by atoms with Crippen molar-refractivity contribution in [2.75, 3.05) is 37.3 Å². The van der Waals surface area contributed by atoms with Gasteiger partial charge in [0.2, 0.25) is 0 Å². The fourth-order valence-electron chi connectivity index (χ4n) is 2.46. The van der Waals surface area contributed by atoms with Gasteiger partial charge in [0.1, 0.15) is 0 Å². The molecule has 5 heteroatoms. The van der Waals surface area contributed by atoms with Gasteiger partial charge in [0.15, 0.2) is 0 Å². The van der Waals surface area contributed by atoms with Gasteiger partial charge in [0.05, 0.1) is 5.56 Å². The first-order valence-electron chi connectivity index (χ1n) is 6.13. The van der Waals surface area contributed by atoms with Crippen LogP contribution in [-0.4, -0.2) is 43.5 Å². The van der Waals surface area contributed by atoms with E-state index in [0.717, 1.165) is 25.3 Å². The summed E-state index contributed by atoms with van der Waals surface area (Å²) >= 11 is 0. The number of nitrogen functional groups attached to an aromatic ring is 1. The Balaban J connectivity index is 2.28. The standard InChI is InChI=1S/C13H20N4O/c1-9-8-16(2)5-6-17(9)10-3-4-12(14)11(7-10)13(15)18/h3-4,7,9H,5-6,8,14H2,1-2H3,(H2,15,18). The zero-order valence-electron chi connectivity index (χ0n) is 10.9. The van der Waals surface area contributed by atoms with E-state index >= 15 is 0 Å². The van der Waals surface area contributed by atoms with Crippen LogP contribution in [0.15, 0.2) is 18.2 Å². The molecule has 0 saturated carbocycles. The molecule has 98 valence electrons. The van der Waals surface area contributed by atoms with Gasteiger partial charge in [-0.15, -0.1) is 0 Å². The minimum Gasteiger partial charge on any atom is -0.398 e. The molecular formula is C13H20N4O. The molecule has 1 aromatic carbocycles. The van der Waals surface area contributed by atoms with Crippen LogP contribution in [0.2, 0.25) is 0 Å². The highest BCUT2D eigenvalue weighted by atomic mass is 16.1. The number of hydrogen-bond acceptors (Lipinski definition) is 4. The molecule has 18 heavy (non-hydrogen) atoms. The molecule has 5 nitrogen and oxygen atoms in total. The Kier molecular flexibility index (Phi) is 3.43. The number of piperazine rings is 1. The summed E-state index contributed by atoms with van der Waals surface area (Å²) in [6, 6.07) is 5.90. The van der Waals surface area contributed by atoms with Crippen molar-refractivity contribution in [1.82, 2.24) is 4.90 Å². The Labute approximate surface area is 107 Å². The van der Waals surface area contributed by atoms with Crippen LogP contribution < -0.4 is 16.4 Å². The van der Waals surface area contributed by atoms with Gasteiger partial charge in [-0.25, -0.2) is 0 Å². The molecule has 1 unspecified atom stereocenters. The van der Waals surface area contributed by atoms with Gasteiger partial charge in [0, 0.05) is 37.1 Å². The van der Waals surface area contributed by atoms with Gasteiger partial charge in [-0.3, -0.25) is 4.79 Å². The number of likely N-dealkylation sites (N-methyl/N-ethyl adjacent to an activating group) is 1. The molecule has 1 aliphatic rings. The Bertz CT molecular complexity index is 460. The smallest absolute Gasteiger partial charge is 0.250 e. The van der Waals surface area contributed by atoms with Gasteiger partial charge in [-0.1, -0.05) is 0 Å². The van der Waals surface area contributed by atoms with E-state index in [1.165, 1.54) is 0 Å². The number of rotatable bonds is 2. The molecule has 0 aliphatic carbocycles. The second-order valence-corrected chi connectivity index (χ2v) is 4.94. The first-order chi connectivity index (χ1) is 8.49. The summed E-state index contributed by atoms with van der Waals surface area (Å²) in [4.78, 5) is 15.9. The van der Waals surface area contributed by atoms with E-state index in [-0.39, 0.29) is 0 Å². The van der Waals surface area contributed by atoms with Crippen molar-refractivity contribution in [1.29, 1.82) is 0 Å². The monoisotopic (exact) mass is 248 g/mol. The Hall–Kier alpha value is -1.75. The van der Waals surface area contributed by atoms with Gasteiger partial charge >= 0.3 is 0 Å². The third-order valence-corrected chi connectivity index (χ3v) is 3.46. The second kappa shape index (κ2) is 4.86. The summed E-state index contributed by atoms with van der Waals surface area (Å²) in [6.45, 7) is 5.15. The van der Waals surface area contributed by atoms with Crippen molar-refractivity contribution in [3.05, 3.63) is 23.8 Å². The summed E-state index contributed by atoms with van der Waals surface area (Å²) in [6.07, 6.45) is 0. The molecule has 1 saturated heterocycles. The molecule has 1 aromatic rings. The molecule has 1 heterocycles. The fraction of sp³-hybridized carbons (Fsp3) is 0.462. The van der Waals surface area contributed by atoms with Crippen LogP contribution in [0.3, 0.4) is 0 Å². The normalized spacial score (nSPS) is 21.0. The number of anilines is 2. The molecule has 1 fully saturated rings. The second-order valence-electron chi connectivity index (χ2n) is 4.94. The SMILES string of the molecule is CC1CN(C)CCN1c1ccc(N)c(C(N)=O)c1. The van der Waals surface area contributed by atoms with E-state index in [1.807, 2.05) is 6.07 Å². The van der Waals surface area contributed by atoms with Crippen molar-refractivity contribution in [2.24, 2.45) is 5.73 Å². The number of carbonyl (C=O) groups is 1. The van der Waals surface area contributed by atoms with Crippen LogP contribution in [-0.2, 0) is 0 Å². The summed E-state index contributed by atoms with van der Waals surface area (Å²) in [5.74, 6) is -0.476. The van der Waals surface area contributed by atoms with Gasteiger partial charge in [-0.05, 0) is 32.2 Å². The van der Waals surface area contributed by atoms with E-state index in [2.05, 4.69) is 23.8 Å². The average molecular weight is 248 g/mol. The van der Waals surface area contributed by atoms with E-state index < -0.39 is 5.91 Å². The molecular weight excluding hydrogens is 228 g/mol. The number of amides is 1. The predicted molar refractivity (Wildman–Crippen MR) is 73.7 cm³/mol. The van der Waals surface area contributed by atoms with E-state index in [9.17, 15) is 4.79 Å². The van der Waals surface area contributed by atoms with E-state index in [1.54, 1.807) is 12.1 Å². The third-order valence-electron chi connectivity index (χ3n) is 3.46. The van der Waals surface area contributed by atoms with Crippen LogP contribution in [0.25, 0.3) is 0 Å². The molecule has 4 N–H and O–H groups in total. The lowest BCUT2D eigenvalue weighted by molar-refractivity contribution is 0.100. The number of benzene rings is 1. The van der Waals surface area contributed by atoms with Crippen molar-refractivity contribution in [3.63, 3.8) is 0 Å². The number of primary amides is 1. The van der Waals surface area contributed by atoms with Crippen LogP contribution in [0, 0.1) is 0 Å². The number of hydrogen-bond donors (Lipinski definition) is 2. The average Bonchev–Trinajstić information content (AvgIpc) is 2.30. The van der Waals surface area contributed by atoms with Crippen molar-refractivity contribution in [3.8, 4) is 0 Å². The Morgan fingerprint density at radius 1 is 1.39 bits per heavy atom. The fourth-order valence-corrected chi connectivity index (χ4v) is 2.46. The molecule has 0 spiro atoms. The summed E-state index contributed by atoms with van der Waals surface area (Å²) < 4.78 is 0. The highest BCUT2D eigenvalue weighted by molar-refractivity contribution is 5.99. The third kappa shape index (κ3) is 2.41. The molecule has 0 radical (unpaired) electrons. The molecule has 1 aliphatic heterocycles. The van der Waals surface area contributed by atoms with Crippen LogP contribution >= 0.6 is 0 Å². The summed E-state index contributed by atoms with van der Waals surface area (Å²) in [7, 11) is 2.12. The zero-order chi connectivity index (χ0) is 13.3. The zero-order valence-corrected chi connectivity index (χ0v) is 10.9. The van der Waals surface area contributed by atoms with Crippen molar-refractivity contribution in [2.45, 2.75) is 13.0 Å². The van der Waals surface area contributed by atoms with Gasteiger partial charge < -0.3 is 21.3 Å². The number of nitrogens with zero attached hydrogens (tertiary/aromatic N) is 2. The lowest BCUT2D eigenvalue weighted by Gasteiger charge is -2.40. The quantitative estimate of drug-likeness (QED) is 0.748. The number of carbonyl (C=O) groups excluding carboxylic acids is 1. The van der Waals surface area contributed by atoms with Crippen LogP contribution in [0.1, 0.15) is 17.3 Å². The maximum Gasteiger partial charge on any atom is 0.250 e. The molecule has 1 amide bonds. The van der Waals surface area contributed by atoms with Crippen molar-refractivity contribution >= 4 is 17.3 Å². The van der Waals surface area contributed by atoms with Crippen LogP contribution in [0.4, 0.5) is 11.4 Å². The van der Waals surface area contributed by atoms with E-state index in [0.29, 0.717) is 17.3 Å². The molecule has 0 aromatic heterocycles. The lowest BCUT2D eigenvalue weighted by Crippen LogP contribution is -2.50. The molecule has 0 bridgehead atoms. The maximum absolute atomic E-state index is 11.3. The predicted octanol–water partition coefficient (Wildman–Crippen LogP) is 0.508. The van der Waals surface area contributed by atoms with Gasteiger partial charge in [0.25, 0.3) is 5.91 Å². The topological polar surface area (TPSA) is 75.6 Å². The minimum absolute atomic E-state index is 0.402. The Morgan fingerprint density at radius 2 is 2.11 bits per heavy atom. The van der Waals surface area contributed by atoms with Gasteiger partial charge in [-0.2, -0.15) is 0 Å². The largest absolute Gasteiger partial charge is 0.398 e. The molecule has 1 atom stereocenters. The molecule has 2 rings (SSSR count). The summed E-state index contributed by atoms with van der Waals surface area (Å²) in [5, 5.41) is 0. The minimum atomic E-state index is -0.476. The highest BCUT2D eigenvalue weighted by Gasteiger charge is 2.22. The van der Waals surface area contributed by atoms with E-state index in [4.69, 9.17) is 11.5 Å². The van der Waals surface area contributed by atoms with Crippen molar-refractivity contribution < 1.29 is 4.79 Å². The van der Waals surface area contributed by atoms with Crippen LogP contribution in [0.5, 0.6) is 0 Å².